The first-order chi connectivity index (χ1) is 15.3. The maximum Gasteiger partial charge on any atom is 0.244 e. The van der Waals surface area contributed by atoms with Crippen LogP contribution in [0, 0.1) is 5.82 Å². The maximum absolute atomic E-state index is 13.7. The van der Waals surface area contributed by atoms with E-state index in [0.717, 1.165) is 16.6 Å². The van der Waals surface area contributed by atoms with E-state index in [-0.39, 0.29) is 23.3 Å². The van der Waals surface area contributed by atoms with Crippen LogP contribution in [-0.2, 0) is 26.2 Å². The van der Waals surface area contributed by atoms with E-state index in [1.54, 1.807) is 39.0 Å². The highest BCUT2D eigenvalue weighted by Crippen LogP contribution is 2.24. The lowest BCUT2D eigenvalue weighted by Gasteiger charge is -2.32. The smallest absolute Gasteiger partial charge is 0.244 e. The highest BCUT2D eigenvalue weighted by atomic mass is 35.5. The van der Waals surface area contributed by atoms with Crippen LogP contribution in [0.25, 0.3) is 0 Å². The summed E-state index contributed by atoms with van der Waals surface area (Å²) in [6, 6.07) is 8.61. The summed E-state index contributed by atoms with van der Waals surface area (Å²) in [4.78, 5) is 27.3. The molecule has 180 valence electrons. The fourth-order valence-electron chi connectivity index (χ4n) is 3.07. The van der Waals surface area contributed by atoms with Crippen LogP contribution in [0.2, 0.25) is 10.0 Å². The average Bonchev–Trinajstić information content (AvgIpc) is 2.70. The molecule has 0 unspecified atom stereocenters. The third-order valence-electron chi connectivity index (χ3n) is 4.71. The van der Waals surface area contributed by atoms with Gasteiger partial charge in [0.05, 0.1) is 22.0 Å². The number of anilines is 1. The Morgan fingerprint density at radius 1 is 1.06 bits per heavy atom. The molecule has 0 aliphatic carbocycles. The van der Waals surface area contributed by atoms with Crippen LogP contribution in [0.4, 0.5) is 10.1 Å². The number of hydrogen-bond acceptors (Lipinski definition) is 4. The number of nitrogens with one attached hydrogen (secondary N) is 1. The van der Waals surface area contributed by atoms with E-state index in [4.69, 9.17) is 23.2 Å². The van der Waals surface area contributed by atoms with E-state index >= 15 is 0 Å². The highest BCUT2D eigenvalue weighted by Gasteiger charge is 2.30. The lowest BCUT2D eigenvalue weighted by molar-refractivity contribution is -0.139. The Bertz CT molecular complexity index is 1130. The number of sulfonamides is 1. The SMILES string of the molecule is CC(C)NC(=O)[C@@H](C)N(Cc1ccc(Cl)c(Cl)c1)C(=O)CN(c1cccc(F)c1)S(C)(=O)=O. The second-order valence-corrected chi connectivity index (χ2v) is 10.6. The molecule has 2 aromatic rings. The molecule has 0 saturated carbocycles. The Hall–Kier alpha value is -2.36. The topological polar surface area (TPSA) is 86.8 Å². The van der Waals surface area contributed by atoms with Crippen molar-refractivity contribution in [2.24, 2.45) is 0 Å². The number of benzene rings is 2. The molecule has 2 aromatic carbocycles. The minimum Gasteiger partial charge on any atom is -0.352 e. The van der Waals surface area contributed by atoms with Gasteiger partial charge in [0, 0.05) is 12.6 Å². The van der Waals surface area contributed by atoms with Crippen LogP contribution in [0.5, 0.6) is 0 Å². The van der Waals surface area contributed by atoms with E-state index in [9.17, 15) is 22.4 Å². The van der Waals surface area contributed by atoms with E-state index in [0.29, 0.717) is 10.6 Å². The van der Waals surface area contributed by atoms with Crippen LogP contribution in [0.15, 0.2) is 42.5 Å². The van der Waals surface area contributed by atoms with E-state index in [1.807, 2.05) is 0 Å². The van der Waals surface area contributed by atoms with Crippen molar-refractivity contribution < 1.29 is 22.4 Å². The number of hydrogen-bond donors (Lipinski definition) is 1. The van der Waals surface area contributed by atoms with Gasteiger partial charge in [0.25, 0.3) is 0 Å². The van der Waals surface area contributed by atoms with Crippen molar-refractivity contribution >= 4 is 50.7 Å². The summed E-state index contributed by atoms with van der Waals surface area (Å²) in [5.74, 6) is -1.71. The molecule has 1 atom stereocenters. The standard InChI is InChI=1S/C22H26Cl2FN3O4S/c1-14(2)26-22(30)15(3)27(12-16-8-9-19(23)20(24)10-16)21(29)13-28(33(4,31)32)18-7-5-6-17(25)11-18/h5-11,14-15H,12-13H2,1-4H3,(H,26,30)/t15-/m1/s1. The van der Waals surface area contributed by atoms with Gasteiger partial charge in [0.15, 0.2) is 0 Å². The first-order valence-corrected chi connectivity index (χ1v) is 12.7. The minimum atomic E-state index is -3.93. The molecular formula is C22H26Cl2FN3O4S. The first-order valence-electron chi connectivity index (χ1n) is 10.1. The minimum absolute atomic E-state index is 0.000350. The molecule has 2 rings (SSSR count). The van der Waals surface area contributed by atoms with Gasteiger partial charge in [-0.05, 0) is 56.7 Å². The second kappa shape index (κ2) is 11.2. The zero-order valence-corrected chi connectivity index (χ0v) is 21.0. The van der Waals surface area contributed by atoms with Gasteiger partial charge in [-0.15, -0.1) is 0 Å². The molecule has 1 N–H and O–H groups in total. The fraction of sp³-hybridized carbons (Fsp3) is 0.364. The van der Waals surface area contributed by atoms with Crippen molar-refractivity contribution in [1.82, 2.24) is 10.2 Å². The van der Waals surface area contributed by atoms with Crippen molar-refractivity contribution in [3.05, 3.63) is 63.9 Å². The zero-order valence-electron chi connectivity index (χ0n) is 18.7. The van der Waals surface area contributed by atoms with Gasteiger partial charge in [-0.3, -0.25) is 13.9 Å². The summed E-state index contributed by atoms with van der Waals surface area (Å²) >= 11 is 12.1. The van der Waals surface area contributed by atoms with E-state index in [1.165, 1.54) is 23.1 Å². The van der Waals surface area contributed by atoms with E-state index in [2.05, 4.69) is 5.32 Å². The second-order valence-electron chi connectivity index (χ2n) is 7.86. The Morgan fingerprint density at radius 2 is 1.73 bits per heavy atom. The summed E-state index contributed by atoms with van der Waals surface area (Å²) in [7, 11) is -3.93. The summed E-state index contributed by atoms with van der Waals surface area (Å²) in [6.07, 6.45) is 0.920. The molecule has 2 amide bonds. The molecule has 11 heteroatoms. The summed E-state index contributed by atoms with van der Waals surface area (Å²) in [6.45, 7) is 4.46. The Kier molecular flexibility index (Phi) is 9.11. The van der Waals surface area contributed by atoms with Crippen LogP contribution >= 0.6 is 23.2 Å². The zero-order chi connectivity index (χ0) is 24.9. The normalized spacial score (nSPS) is 12.4. The number of amides is 2. The number of rotatable bonds is 9. The summed E-state index contributed by atoms with van der Waals surface area (Å²) in [5.41, 5.74) is 0.596. The predicted octanol–water partition coefficient (Wildman–Crippen LogP) is 3.84. The fourth-order valence-corrected chi connectivity index (χ4v) is 4.23. The summed E-state index contributed by atoms with van der Waals surface area (Å²) < 4.78 is 39.4. The van der Waals surface area contributed by atoms with Gasteiger partial charge in [0.1, 0.15) is 18.4 Å². The van der Waals surface area contributed by atoms with E-state index < -0.39 is 40.2 Å². The third-order valence-corrected chi connectivity index (χ3v) is 6.59. The quantitative estimate of drug-likeness (QED) is 0.547. The van der Waals surface area contributed by atoms with Crippen molar-refractivity contribution in [1.29, 1.82) is 0 Å². The van der Waals surface area contributed by atoms with Crippen LogP contribution in [-0.4, -0.2) is 50.0 Å². The average molecular weight is 518 g/mol. The molecule has 7 nitrogen and oxygen atoms in total. The molecular weight excluding hydrogens is 492 g/mol. The van der Waals surface area contributed by atoms with Gasteiger partial charge in [-0.25, -0.2) is 12.8 Å². The largest absolute Gasteiger partial charge is 0.352 e. The molecule has 0 bridgehead atoms. The lowest BCUT2D eigenvalue weighted by Crippen LogP contribution is -2.52. The molecule has 0 aromatic heterocycles. The van der Waals surface area contributed by atoms with Crippen molar-refractivity contribution in [3.8, 4) is 0 Å². The molecule has 0 saturated heterocycles. The van der Waals surface area contributed by atoms with Crippen molar-refractivity contribution in [2.75, 3.05) is 17.1 Å². The number of carbonyl (C=O) groups excluding carboxylic acids is 2. The van der Waals surface area contributed by atoms with Crippen LogP contribution in [0.1, 0.15) is 26.3 Å². The van der Waals surface area contributed by atoms with Gasteiger partial charge in [-0.2, -0.15) is 0 Å². The first kappa shape index (κ1) is 26.9. The van der Waals surface area contributed by atoms with Gasteiger partial charge < -0.3 is 10.2 Å². The molecule has 0 aliphatic rings. The van der Waals surface area contributed by atoms with Crippen molar-refractivity contribution in [3.63, 3.8) is 0 Å². The molecule has 33 heavy (non-hydrogen) atoms. The van der Waals surface area contributed by atoms with Gasteiger partial charge in [0.2, 0.25) is 21.8 Å². The Balaban J connectivity index is 2.41. The monoisotopic (exact) mass is 517 g/mol. The predicted molar refractivity (Wildman–Crippen MR) is 128 cm³/mol. The van der Waals surface area contributed by atoms with Gasteiger partial charge in [-0.1, -0.05) is 35.3 Å². The third kappa shape index (κ3) is 7.58. The maximum atomic E-state index is 13.7. The number of carbonyl (C=O) groups is 2. The molecule has 0 heterocycles. The molecule has 0 fully saturated rings. The molecule has 0 radical (unpaired) electrons. The summed E-state index contributed by atoms with van der Waals surface area (Å²) in [5, 5.41) is 3.35. The van der Waals surface area contributed by atoms with Gasteiger partial charge >= 0.3 is 0 Å². The Morgan fingerprint density at radius 3 is 2.27 bits per heavy atom. The number of nitrogens with zero attached hydrogens (tertiary/aromatic N) is 2. The van der Waals surface area contributed by atoms with Crippen molar-refractivity contribution in [2.45, 2.75) is 39.4 Å². The molecule has 0 aliphatic heterocycles. The number of halogens is 3. The lowest BCUT2D eigenvalue weighted by atomic mass is 10.1. The highest BCUT2D eigenvalue weighted by molar-refractivity contribution is 7.92. The Labute approximate surface area is 203 Å². The van der Waals surface area contributed by atoms with Crippen LogP contribution in [0.3, 0.4) is 0 Å². The van der Waals surface area contributed by atoms with Crippen LogP contribution < -0.4 is 9.62 Å². The molecule has 0 spiro atoms.